The fourth-order valence-corrected chi connectivity index (χ4v) is 6.65. The van der Waals surface area contributed by atoms with Gasteiger partial charge in [-0.3, -0.25) is 9.59 Å². The summed E-state index contributed by atoms with van der Waals surface area (Å²) in [5.41, 5.74) is 11.8. The standard InChI is InChI=1S/C34H36ClN7O3/c35-25-16-29-28(38-31(39-29)21-9-10-21)15-24(25)20-5-1-18(2-6-20)13-30(40-32(43)22-7-3-19(17-36)4-8-22)33(44)37-23-11-12-26-27(14-23)42-34(45)41-26/h1-2,5-6,11-12,14-16,19,21-22,30H,3-4,7-10,13,17,36H2,(H,37,44)(H,38,39)(H,40,43)(H2,41,42,45)/t19-,22-,30-/m0/s1. The van der Waals surface area contributed by atoms with Crippen molar-refractivity contribution in [3.8, 4) is 11.1 Å². The summed E-state index contributed by atoms with van der Waals surface area (Å²) in [4.78, 5) is 52.3. The Hall–Kier alpha value is -4.41. The molecule has 2 aromatic heterocycles. The summed E-state index contributed by atoms with van der Waals surface area (Å²) in [7, 11) is 0. The molecule has 3 aromatic carbocycles. The van der Waals surface area contributed by atoms with Crippen molar-refractivity contribution in [1.29, 1.82) is 0 Å². The van der Waals surface area contributed by atoms with E-state index in [1.807, 2.05) is 36.4 Å². The minimum atomic E-state index is -0.804. The van der Waals surface area contributed by atoms with E-state index in [4.69, 9.17) is 22.3 Å². The van der Waals surface area contributed by atoms with Crippen LogP contribution < -0.4 is 22.1 Å². The van der Waals surface area contributed by atoms with Crippen LogP contribution in [0.25, 0.3) is 33.2 Å². The van der Waals surface area contributed by atoms with Crippen LogP contribution in [0.5, 0.6) is 0 Å². The lowest BCUT2D eigenvalue weighted by molar-refractivity contribution is -0.130. The van der Waals surface area contributed by atoms with Gasteiger partial charge in [-0.25, -0.2) is 9.78 Å². The van der Waals surface area contributed by atoms with Crippen molar-refractivity contribution in [1.82, 2.24) is 25.3 Å². The third-order valence-electron chi connectivity index (χ3n) is 9.23. The van der Waals surface area contributed by atoms with Gasteiger partial charge in [0.2, 0.25) is 11.8 Å². The molecular formula is C34H36ClN7O3. The van der Waals surface area contributed by atoms with Crippen molar-refractivity contribution in [3.63, 3.8) is 0 Å². The lowest BCUT2D eigenvalue weighted by atomic mass is 9.81. The van der Waals surface area contributed by atoms with Crippen LogP contribution >= 0.6 is 11.6 Å². The predicted octanol–water partition coefficient (Wildman–Crippen LogP) is 5.36. The first-order chi connectivity index (χ1) is 21.8. The summed E-state index contributed by atoms with van der Waals surface area (Å²) in [6, 6.07) is 16.2. The summed E-state index contributed by atoms with van der Waals surface area (Å²) < 4.78 is 0. The van der Waals surface area contributed by atoms with Gasteiger partial charge in [-0.05, 0) is 92.4 Å². The van der Waals surface area contributed by atoms with E-state index < -0.39 is 6.04 Å². The predicted molar refractivity (Wildman–Crippen MR) is 176 cm³/mol. The Morgan fingerprint density at radius 2 is 1.67 bits per heavy atom. The Labute approximate surface area is 264 Å². The molecule has 10 nitrogen and oxygen atoms in total. The SMILES string of the molecule is NC[C@H]1CC[C@H](C(=O)N[C@@H](Cc2ccc(-c3cc4nc(C5CC5)[nH]c4cc3Cl)cc2)C(=O)Nc2ccc3[nH]c(=O)[nH]c3c2)CC1. The quantitative estimate of drug-likeness (QED) is 0.130. The van der Waals surface area contributed by atoms with Gasteiger partial charge in [0.05, 0.1) is 27.1 Å². The topological polar surface area (TPSA) is 162 Å². The number of aromatic amines is 3. The van der Waals surface area contributed by atoms with Crippen molar-refractivity contribution in [2.45, 2.75) is 56.9 Å². The van der Waals surface area contributed by atoms with E-state index in [0.717, 1.165) is 59.2 Å². The number of imidazole rings is 2. The number of carbonyl (C=O) groups excluding carboxylic acids is 2. The Kier molecular flexibility index (Phi) is 7.93. The van der Waals surface area contributed by atoms with Crippen LogP contribution in [0.3, 0.4) is 0 Å². The molecule has 0 bridgehead atoms. The van der Waals surface area contributed by atoms with Gasteiger partial charge in [-0.2, -0.15) is 0 Å². The van der Waals surface area contributed by atoms with Crippen LogP contribution in [-0.4, -0.2) is 44.3 Å². The number of hydrogen-bond donors (Lipinski definition) is 6. The summed E-state index contributed by atoms with van der Waals surface area (Å²) in [5.74, 6) is 1.39. The number of nitrogens with one attached hydrogen (secondary N) is 5. The average molecular weight is 626 g/mol. The molecule has 2 aliphatic rings. The molecule has 0 aliphatic heterocycles. The molecule has 2 heterocycles. The van der Waals surface area contributed by atoms with Gasteiger partial charge < -0.3 is 31.3 Å². The van der Waals surface area contributed by atoms with E-state index in [-0.39, 0.29) is 23.4 Å². The molecule has 232 valence electrons. The number of anilines is 1. The van der Waals surface area contributed by atoms with E-state index in [9.17, 15) is 14.4 Å². The van der Waals surface area contributed by atoms with E-state index in [0.29, 0.717) is 46.5 Å². The lowest BCUT2D eigenvalue weighted by Gasteiger charge is -2.28. The molecule has 0 spiro atoms. The molecule has 11 heteroatoms. The average Bonchev–Trinajstić information content (AvgIpc) is 3.71. The highest BCUT2D eigenvalue weighted by Gasteiger charge is 2.30. The van der Waals surface area contributed by atoms with Crippen molar-refractivity contribution in [2.24, 2.45) is 17.6 Å². The van der Waals surface area contributed by atoms with Crippen molar-refractivity contribution < 1.29 is 9.59 Å². The van der Waals surface area contributed by atoms with E-state index in [2.05, 4.69) is 25.6 Å². The number of aromatic nitrogens is 4. The normalized spacial score (nSPS) is 19.1. The number of halogens is 1. The molecule has 2 fully saturated rings. The molecule has 5 aromatic rings. The Bertz CT molecular complexity index is 1930. The molecule has 7 rings (SSSR count). The number of amides is 2. The van der Waals surface area contributed by atoms with Gasteiger partial charge in [-0.15, -0.1) is 0 Å². The van der Waals surface area contributed by atoms with Crippen molar-refractivity contribution in [2.75, 3.05) is 11.9 Å². The van der Waals surface area contributed by atoms with Crippen LogP contribution in [0.1, 0.15) is 55.8 Å². The third-order valence-corrected chi connectivity index (χ3v) is 9.54. The summed E-state index contributed by atoms with van der Waals surface area (Å²) in [5, 5.41) is 6.61. The van der Waals surface area contributed by atoms with Crippen LogP contribution in [-0.2, 0) is 16.0 Å². The molecular weight excluding hydrogens is 590 g/mol. The van der Waals surface area contributed by atoms with Gasteiger partial charge in [0.25, 0.3) is 0 Å². The van der Waals surface area contributed by atoms with Gasteiger partial charge in [-0.1, -0.05) is 35.9 Å². The van der Waals surface area contributed by atoms with Crippen molar-refractivity contribution in [3.05, 3.63) is 81.5 Å². The van der Waals surface area contributed by atoms with Crippen LogP contribution in [0.4, 0.5) is 5.69 Å². The monoisotopic (exact) mass is 625 g/mol. The van der Waals surface area contributed by atoms with E-state index >= 15 is 0 Å². The molecule has 2 aliphatic carbocycles. The highest BCUT2D eigenvalue weighted by Crippen LogP contribution is 2.40. The number of nitrogens with zero attached hydrogens (tertiary/aromatic N) is 1. The first kappa shape index (κ1) is 29.3. The fourth-order valence-electron chi connectivity index (χ4n) is 6.38. The highest BCUT2D eigenvalue weighted by molar-refractivity contribution is 6.34. The fraction of sp³-hybridized carbons (Fsp3) is 0.353. The highest BCUT2D eigenvalue weighted by atomic mass is 35.5. The van der Waals surface area contributed by atoms with Crippen LogP contribution in [0.2, 0.25) is 5.02 Å². The molecule has 0 radical (unpaired) electrons. The number of nitrogens with two attached hydrogens (primary N) is 1. The minimum absolute atomic E-state index is 0.114. The third kappa shape index (κ3) is 6.39. The zero-order chi connectivity index (χ0) is 31.1. The van der Waals surface area contributed by atoms with Gasteiger partial charge in [0.1, 0.15) is 11.9 Å². The maximum atomic E-state index is 13.6. The second-order valence-electron chi connectivity index (χ2n) is 12.5. The van der Waals surface area contributed by atoms with E-state index in [1.54, 1.807) is 18.2 Å². The molecule has 2 saturated carbocycles. The Balaban J connectivity index is 1.10. The molecule has 0 saturated heterocycles. The summed E-state index contributed by atoms with van der Waals surface area (Å²) in [6.45, 7) is 0.633. The van der Waals surface area contributed by atoms with Gasteiger partial charge in [0.15, 0.2) is 0 Å². The van der Waals surface area contributed by atoms with E-state index in [1.165, 1.54) is 12.8 Å². The van der Waals surface area contributed by atoms with Crippen LogP contribution in [0.15, 0.2) is 59.4 Å². The molecule has 1 atom stereocenters. The number of carbonyl (C=O) groups is 2. The molecule has 0 unspecified atom stereocenters. The molecule has 7 N–H and O–H groups in total. The second kappa shape index (κ2) is 12.2. The Morgan fingerprint density at radius 1 is 0.911 bits per heavy atom. The number of benzene rings is 3. The Morgan fingerprint density at radius 3 is 2.40 bits per heavy atom. The van der Waals surface area contributed by atoms with Crippen molar-refractivity contribution >= 4 is 51.2 Å². The second-order valence-corrected chi connectivity index (χ2v) is 12.9. The number of hydrogen-bond acceptors (Lipinski definition) is 5. The number of rotatable bonds is 9. The maximum Gasteiger partial charge on any atom is 0.323 e. The summed E-state index contributed by atoms with van der Waals surface area (Å²) in [6.07, 6.45) is 5.98. The smallest absolute Gasteiger partial charge is 0.323 e. The molecule has 2 amide bonds. The first-order valence-electron chi connectivity index (χ1n) is 15.6. The maximum absolute atomic E-state index is 13.6. The first-order valence-corrected chi connectivity index (χ1v) is 16.0. The number of fused-ring (bicyclic) bond motifs is 2. The van der Waals surface area contributed by atoms with Gasteiger partial charge in [0, 0.05) is 29.5 Å². The number of H-pyrrole nitrogens is 3. The largest absolute Gasteiger partial charge is 0.344 e. The molecule has 45 heavy (non-hydrogen) atoms. The zero-order valence-corrected chi connectivity index (χ0v) is 25.5. The zero-order valence-electron chi connectivity index (χ0n) is 24.8. The summed E-state index contributed by atoms with van der Waals surface area (Å²) >= 11 is 6.70. The van der Waals surface area contributed by atoms with Crippen LogP contribution in [0, 0.1) is 11.8 Å². The van der Waals surface area contributed by atoms with Gasteiger partial charge >= 0.3 is 5.69 Å². The minimum Gasteiger partial charge on any atom is -0.344 e. The lowest BCUT2D eigenvalue weighted by Crippen LogP contribution is -2.48.